The van der Waals surface area contributed by atoms with Gasteiger partial charge < -0.3 is 13.9 Å². The average molecular weight is 341 g/mol. The SMILES string of the molecule is Cc1nccn1CCCC(=O)N(Cc1ccco1)c1ccc(F)cc1. The Morgan fingerprint density at radius 2 is 2.08 bits per heavy atom. The summed E-state index contributed by atoms with van der Waals surface area (Å²) in [5.74, 6) is 1.26. The van der Waals surface area contributed by atoms with E-state index in [2.05, 4.69) is 4.98 Å². The van der Waals surface area contributed by atoms with Crippen molar-refractivity contribution in [3.63, 3.8) is 0 Å². The third-order valence-corrected chi connectivity index (χ3v) is 4.05. The summed E-state index contributed by atoms with van der Waals surface area (Å²) in [6, 6.07) is 9.52. The second-order valence-electron chi connectivity index (χ2n) is 5.81. The Labute approximate surface area is 145 Å². The second-order valence-corrected chi connectivity index (χ2v) is 5.81. The molecule has 2 aromatic heterocycles. The number of carbonyl (C=O) groups is 1. The van der Waals surface area contributed by atoms with E-state index in [1.54, 1.807) is 35.6 Å². The van der Waals surface area contributed by atoms with Crippen LogP contribution in [0.25, 0.3) is 0 Å². The fourth-order valence-electron chi connectivity index (χ4n) is 2.68. The van der Waals surface area contributed by atoms with Gasteiger partial charge >= 0.3 is 0 Å². The molecule has 0 fully saturated rings. The predicted molar refractivity (Wildman–Crippen MR) is 92.5 cm³/mol. The van der Waals surface area contributed by atoms with Crippen LogP contribution in [-0.4, -0.2) is 15.5 Å². The highest BCUT2D eigenvalue weighted by molar-refractivity contribution is 5.93. The number of imidazole rings is 1. The highest BCUT2D eigenvalue weighted by atomic mass is 19.1. The van der Waals surface area contributed by atoms with Crippen molar-refractivity contribution in [2.45, 2.75) is 32.9 Å². The van der Waals surface area contributed by atoms with Crippen molar-refractivity contribution in [2.24, 2.45) is 0 Å². The average Bonchev–Trinajstić information content (AvgIpc) is 3.26. The first-order valence-corrected chi connectivity index (χ1v) is 8.19. The number of hydrogen-bond acceptors (Lipinski definition) is 3. The van der Waals surface area contributed by atoms with Crippen molar-refractivity contribution in [1.29, 1.82) is 0 Å². The Kier molecular flexibility index (Phi) is 5.28. The lowest BCUT2D eigenvalue weighted by atomic mass is 10.2. The van der Waals surface area contributed by atoms with E-state index in [1.807, 2.05) is 23.8 Å². The molecule has 130 valence electrons. The molecule has 0 aliphatic heterocycles. The largest absolute Gasteiger partial charge is 0.467 e. The summed E-state index contributed by atoms with van der Waals surface area (Å²) in [4.78, 5) is 18.5. The Balaban J connectivity index is 1.68. The zero-order valence-electron chi connectivity index (χ0n) is 14.1. The molecule has 0 unspecified atom stereocenters. The normalized spacial score (nSPS) is 10.8. The number of rotatable bonds is 7. The van der Waals surface area contributed by atoms with Crippen molar-refractivity contribution in [3.8, 4) is 0 Å². The minimum Gasteiger partial charge on any atom is -0.467 e. The molecule has 6 heteroatoms. The number of halogens is 1. The summed E-state index contributed by atoms with van der Waals surface area (Å²) in [5, 5.41) is 0. The van der Waals surface area contributed by atoms with Crippen LogP contribution in [0.4, 0.5) is 10.1 Å². The molecule has 25 heavy (non-hydrogen) atoms. The number of anilines is 1. The molecule has 0 aliphatic rings. The molecule has 0 radical (unpaired) electrons. The van der Waals surface area contributed by atoms with Crippen molar-refractivity contribution in [3.05, 3.63) is 72.5 Å². The van der Waals surface area contributed by atoms with E-state index in [4.69, 9.17) is 4.42 Å². The summed E-state index contributed by atoms with van der Waals surface area (Å²) >= 11 is 0. The van der Waals surface area contributed by atoms with Crippen molar-refractivity contribution < 1.29 is 13.6 Å². The van der Waals surface area contributed by atoms with E-state index in [9.17, 15) is 9.18 Å². The quantitative estimate of drug-likeness (QED) is 0.654. The van der Waals surface area contributed by atoms with Gasteiger partial charge in [0.15, 0.2) is 0 Å². The fourth-order valence-corrected chi connectivity index (χ4v) is 2.68. The van der Waals surface area contributed by atoms with Gasteiger partial charge in [0.05, 0.1) is 12.8 Å². The molecule has 0 atom stereocenters. The number of nitrogens with zero attached hydrogens (tertiary/aromatic N) is 3. The monoisotopic (exact) mass is 341 g/mol. The van der Waals surface area contributed by atoms with Gasteiger partial charge in [-0.15, -0.1) is 0 Å². The molecule has 0 saturated heterocycles. The lowest BCUT2D eigenvalue weighted by Crippen LogP contribution is -2.30. The van der Waals surface area contributed by atoms with Gasteiger partial charge in [-0.05, 0) is 49.7 Å². The van der Waals surface area contributed by atoms with Crippen molar-refractivity contribution >= 4 is 11.6 Å². The number of amides is 1. The second kappa shape index (κ2) is 7.79. The lowest BCUT2D eigenvalue weighted by molar-refractivity contribution is -0.119. The minimum atomic E-state index is -0.329. The maximum Gasteiger partial charge on any atom is 0.227 e. The van der Waals surface area contributed by atoms with Crippen LogP contribution in [0.2, 0.25) is 0 Å². The maximum absolute atomic E-state index is 13.2. The molecule has 5 nitrogen and oxygen atoms in total. The molecular formula is C19H20FN3O2. The van der Waals surface area contributed by atoms with E-state index in [1.165, 1.54) is 12.1 Å². The van der Waals surface area contributed by atoms with Gasteiger partial charge in [0, 0.05) is 31.0 Å². The van der Waals surface area contributed by atoms with Gasteiger partial charge in [-0.2, -0.15) is 0 Å². The molecule has 3 rings (SSSR count). The molecule has 0 saturated carbocycles. The van der Waals surface area contributed by atoms with Crippen molar-refractivity contribution in [2.75, 3.05) is 4.90 Å². The number of furan rings is 1. The number of benzene rings is 1. The van der Waals surface area contributed by atoms with Crippen LogP contribution in [0.3, 0.4) is 0 Å². The lowest BCUT2D eigenvalue weighted by Gasteiger charge is -2.22. The van der Waals surface area contributed by atoms with E-state index < -0.39 is 0 Å². The van der Waals surface area contributed by atoms with E-state index in [-0.39, 0.29) is 11.7 Å². The number of carbonyl (C=O) groups excluding carboxylic acids is 1. The fraction of sp³-hybridized carbons (Fsp3) is 0.263. The highest BCUT2D eigenvalue weighted by Crippen LogP contribution is 2.20. The van der Waals surface area contributed by atoms with Crippen LogP contribution in [0, 0.1) is 12.7 Å². The first-order valence-electron chi connectivity index (χ1n) is 8.19. The van der Waals surface area contributed by atoms with Gasteiger partial charge in [0.1, 0.15) is 17.4 Å². The van der Waals surface area contributed by atoms with Crippen LogP contribution in [-0.2, 0) is 17.9 Å². The molecule has 3 aromatic rings. The van der Waals surface area contributed by atoms with Crippen LogP contribution < -0.4 is 4.90 Å². The Bertz CT molecular complexity index is 810. The maximum atomic E-state index is 13.2. The third kappa shape index (κ3) is 4.35. The molecule has 1 amide bonds. The zero-order chi connectivity index (χ0) is 17.6. The first-order chi connectivity index (χ1) is 12.1. The topological polar surface area (TPSA) is 51.3 Å². The van der Waals surface area contributed by atoms with Gasteiger partial charge in [-0.25, -0.2) is 9.37 Å². The number of aromatic nitrogens is 2. The molecular weight excluding hydrogens is 321 g/mol. The van der Waals surface area contributed by atoms with Crippen LogP contribution in [0.1, 0.15) is 24.4 Å². The molecule has 0 aliphatic carbocycles. The Morgan fingerprint density at radius 1 is 1.28 bits per heavy atom. The number of hydrogen-bond donors (Lipinski definition) is 0. The molecule has 0 N–H and O–H groups in total. The van der Waals surface area contributed by atoms with Gasteiger partial charge in [0.25, 0.3) is 0 Å². The Hall–Kier alpha value is -2.89. The van der Waals surface area contributed by atoms with E-state index in [0.29, 0.717) is 30.8 Å². The molecule has 1 aromatic carbocycles. The van der Waals surface area contributed by atoms with Crippen LogP contribution >= 0.6 is 0 Å². The van der Waals surface area contributed by atoms with E-state index in [0.717, 1.165) is 12.4 Å². The third-order valence-electron chi connectivity index (χ3n) is 4.05. The summed E-state index contributed by atoms with van der Waals surface area (Å²) in [6.45, 7) is 2.99. The molecule has 0 spiro atoms. The smallest absolute Gasteiger partial charge is 0.227 e. The first kappa shape index (κ1) is 17.0. The molecule has 2 heterocycles. The van der Waals surface area contributed by atoms with Crippen LogP contribution in [0.5, 0.6) is 0 Å². The van der Waals surface area contributed by atoms with Crippen molar-refractivity contribution in [1.82, 2.24) is 9.55 Å². The van der Waals surface area contributed by atoms with E-state index >= 15 is 0 Å². The van der Waals surface area contributed by atoms with Gasteiger partial charge in [0.2, 0.25) is 5.91 Å². The summed E-state index contributed by atoms with van der Waals surface area (Å²) in [7, 11) is 0. The van der Waals surface area contributed by atoms with Gasteiger partial charge in [-0.3, -0.25) is 4.79 Å². The standard InChI is InChI=1S/C19H20FN3O2/c1-15-21-10-12-22(15)11-2-5-19(24)23(14-18-4-3-13-25-18)17-8-6-16(20)7-9-17/h3-4,6-10,12-13H,2,5,11,14H2,1H3. The summed E-state index contributed by atoms with van der Waals surface area (Å²) in [5.41, 5.74) is 0.654. The zero-order valence-corrected chi connectivity index (χ0v) is 14.1. The highest BCUT2D eigenvalue weighted by Gasteiger charge is 2.17. The molecule has 0 bridgehead atoms. The van der Waals surface area contributed by atoms with Crippen LogP contribution in [0.15, 0.2) is 59.5 Å². The number of aryl methyl sites for hydroxylation is 2. The summed E-state index contributed by atoms with van der Waals surface area (Å²) < 4.78 is 20.6. The van der Waals surface area contributed by atoms with Gasteiger partial charge in [-0.1, -0.05) is 0 Å². The minimum absolute atomic E-state index is 0.0271. The predicted octanol–water partition coefficient (Wildman–Crippen LogP) is 3.94. The Morgan fingerprint density at radius 3 is 2.72 bits per heavy atom. The summed E-state index contributed by atoms with van der Waals surface area (Å²) in [6.07, 6.45) is 6.31.